The van der Waals surface area contributed by atoms with Crippen LogP contribution in [0.1, 0.15) is 5.56 Å². The van der Waals surface area contributed by atoms with E-state index in [1.807, 2.05) is 0 Å². The Balaban J connectivity index is 2.67. The molecule has 0 saturated heterocycles. The number of halogens is 1. The first-order chi connectivity index (χ1) is 7.04. The Morgan fingerprint density at radius 2 is 2.20 bits per heavy atom. The lowest BCUT2D eigenvalue weighted by Crippen LogP contribution is -1.96. The van der Waals surface area contributed by atoms with E-state index in [0.717, 1.165) is 5.56 Å². The first-order valence-electron chi connectivity index (χ1n) is 4.31. The maximum absolute atomic E-state index is 11.2. The summed E-state index contributed by atoms with van der Waals surface area (Å²) in [5.74, 6) is 0.955. The molecule has 0 radical (unpaired) electrons. The minimum Gasteiger partial charge on any atom is -0.496 e. The van der Waals surface area contributed by atoms with E-state index in [0.29, 0.717) is 24.5 Å². The van der Waals surface area contributed by atoms with E-state index in [2.05, 4.69) is 0 Å². The molecule has 1 aromatic carbocycles. The van der Waals surface area contributed by atoms with E-state index in [-0.39, 0.29) is 4.90 Å². The minimum atomic E-state index is -3.76. The predicted molar refractivity (Wildman–Crippen MR) is 55.2 cm³/mol. The summed E-state index contributed by atoms with van der Waals surface area (Å²) in [6, 6.07) is 2.98. The van der Waals surface area contributed by atoms with Crippen molar-refractivity contribution in [3.63, 3.8) is 0 Å². The van der Waals surface area contributed by atoms with Gasteiger partial charge in [-0.3, -0.25) is 0 Å². The maximum Gasteiger partial charge on any atom is 0.264 e. The Hall–Kier alpha value is -0.940. The van der Waals surface area contributed by atoms with E-state index in [1.165, 1.54) is 13.2 Å². The third kappa shape index (κ3) is 1.77. The Kier molecular flexibility index (Phi) is 2.52. The van der Waals surface area contributed by atoms with Crippen LogP contribution in [0.2, 0.25) is 0 Å². The van der Waals surface area contributed by atoms with Gasteiger partial charge in [-0.05, 0) is 12.1 Å². The molecule has 4 nitrogen and oxygen atoms in total. The Bertz CT molecular complexity index is 495. The molecule has 0 atom stereocenters. The molecule has 6 heteroatoms. The van der Waals surface area contributed by atoms with Gasteiger partial charge >= 0.3 is 0 Å². The van der Waals surface area contributed by atoms with Gasteiger partial charge in [0.2, 0.25) is 0 Å². The van der Waals surface area contributed by atoms with Gasteiger partial charge in [0, 0.05) is 22.7 Å². The largest absolute Gasteiger partial charge is 0.496 e. The molecule has 1 heterocycles. The van der Waals surface area contributed by atoms with Crippen LogP contribution in [0, 0.1) is 0 Å². The molecule has 1 aliphatic rings. The van der Waals surface area contributed by atoms with E-state index >= 15 is 0 Å². The number of benzene rings is 1. The van der Waals surface area contributed by atoms with Crippen LogP contribution in [0.3, 0.4) is 0 Å². The highest BCUT2D eigenvalue weighted by Gasteiger charge is 2.26. The van der Waals surface area contributed by atoms with Crippen LogP contribution in [0.25, 0.3) is 0 Å². The zero-order valence-electron chi connectivity index (χ0n) is 7.99. The van der Waals surface area contributed by atoms with Crippen LogP contribution in [0.5, 0.6) is 11.5 Å². The number of methoxy groups -OCH3 is 1. The average molecular weight is 249 g/mol. The second-order valence-corrected chi connectivity index (χ2v) is 5.64. The molecule has 1 aliphatic heterocycles. The van der Waals surface area contributed by atoms with Gasteiger partial charge in [0.1, 0.15) is 16.4 Å². The normalized spacial score (nSPS) is 14.5. The highest BCUT2D eigenvalue weighted by Crippen LogP contribution is 2.39. The molecule has 0 N–H and O–H groups in total. The third-order valence-corrected chi connectivity index (χ3v) is 3.61. The molecule has 0 aliphatic carbocycles. The number of hydrogen-bond donors (Lipinski definition) is 0. The summed E-state index contributed by atoms with van der Waals surface area (Å²) in [7, 11) is 3.06. The van der Waals surface area contributed by atoms with Gasteiger partial charge < -0.3 is 9.47 Å². The summed E-state index contributed by atoms with van der Waals surface area (Å²) in [6.45, 7) is 0.453. The van der Waals surface area contributed by atoms with Crippen molar-refractivity contribution in [3.05, 3.63) is 17.7 Å². The fraction of sp³-hybridized carbons (Fsp3) is 0.333. The van der Waals surface area contributed by atoms with Crippen molar-refractivity contribution < 1.29 is 17.9 Å². The Morgan fingerprint density at radius 1 is 1.47 bits per heavy atom. The van der Waals surface area contributed by atoms with Crippen LogP contribution in [-0.4, -0.2) is 22.1 Å². The van der Waals surface area contributed by atoms with Gasteiger partial charge in [0.05, 0.1) is 13.7 Å². The number of hydrogen-bond acceptors (Lipinski definition) is 4. The van der Waals surface area contributed by atoms with Gasteiger partial charge in [-0.15, -0.1) is 0 Å². The lowest BCUT2D eigenvalue weighted by Gasteiger charge is -2.08. The molecule has 0 unspecified atom stereocenters. The second-order valence-electron chi connectivity index (χ2n) is 3.11. The monoisotopic (exact) mass is 248 g/mol. The number of fused-ring (bicyclic) bond motifs is 1. The summed E-state index contributed by atoms with van der Waals surface area (Å²) in [5.41, 5.74) is 0.763. The van der Waals surface area contributed by atoms with Crippen molar-refractivity contribution in [1.82, 2.24) is 0 Å². The molecule has 0 aromatic heterocycles. The molecule has 15 heavy (non-hydrogen) atoms. The molecular weight excluding hydrogens is 240 g/mol. The zero-order valence-corrected chi connectivity index (χ0v) is 9.56. The first kappa shape index (κ1) is 10.6. The average Bonchev–Trinajstić information content (AvgIpc) is 2.62. The molecule has 2 rings (SSSR count). The Labute approximate surface area is 92.2 Å². The summed E-state index contributed by atoms with van der Waals surface area (Å²) in [4.78, 5) is 0.0115. The van der Waals surface area contributed by atoms with Crippen LogP contribution in [-0.2, 0) is 15.5 Å². The molecule has 0 bridgehead atoms. The van der Waals surface area contributed by atoms with E-state index in [1.54, 1.807) is 6.07 Å². The van der Waals surface area contributed by atoms with E-state index in [9.17, 15) is 8.42 Å². The number of ether oxygens (including phenoxy) is 2. The first-order valence-corrected chi connectivity index (χ1v) is 6.62. The van der Waals surface area contributed by atoms with Gasteiger partial charge in [-0.1, -0.05) is 0 Å². The molecule has 1 aromatic rings. The van der Waals surface area contributed by atoms with E-state index < -0.39 is 9.05 Å². The van der Waals surface area contributed by atoms with Crippen molar-refractivity contribution in [3.8, 4) is 11.5 Å². The van der Waals surface area contributed by atoms with Crippen LogP contribution in [0.15, 0.2) is 17.0 Å². The molecule has 0 fully saturated rings. The fourth-order valence-corrected chi connectivity index (χ4v) is 2.62. The maximum atomic E-state index is 11.2. The molecule has 0 amide bonds. The van der Waals surface area contributed by atoms with Crippen molar-refractivity contribution in [2.45, 2.75) is 11.3 Å². The molecule has 82 valence electrons. The topological polar surface area (TPSA) is 52.6 Å². The molecule has 0 saturated carbocycles. The van der Waals surface area contributed by atoms with Crippen molar-refractivity contribution in [1.29, 1.82) is 0 Å². The summed E-state index contributed by atoms with van der Waals surface area (Å²) < 4.78 is 32.8. The van der Waals surface area contributed by atoms with Gasteiger partial charge in [0.25, 0.3) is 9.05 Å². The second kappa shape index (κ2) is 3.57. The van der Waals surface area contributed by atoms with Crippen molar-refractivity contribution in [2.75, 3.05) is 13.7 Å². The number of rotatable bonds is 2. The fourth-order valence-electron chi connectivity index (χ4n) is 1.62. The van der Waals surface area contributed by atoms with Gasteiger partial charge in [-0.25, -0.2) is 8.42 Å². The third-order valence-electron chi connectivity index (χ3n) is 2.26. The lowest BCUT2D eigenvalue weighted by atomic mass is 10.1. The van der Waals surface area contributed by atoms with Crippen LogP contribution >= 0.6 is 10.7 Å². The summed E-state index contributed by atoms with van der Waals surface area (Å²) in [6.07, 6.45) is 0.638. The lowest BCUT2D eigenvalue weighted by molar-refractivity contribution is 0.348. The van der Waals surface area contributed by atoms with Crippen molar-refractivity contribution >= 4 is 19.7 Å². The Morgan fingerprint density at radius 3 is 2.80 bits per heavy atom. The zero-order chi connectivity index (χ0) is 11.1. The standard InChI is InChI=1S/C9H9ClO4S/c1-13-7-2-3-8(15(10,11)12)9-6(7)4-5-14-9/h2-3H,4-5H2,1H3. The SMILES string of the molecule is COc1ccc(S(=O)(=O)Cl)c2c1CCO2. The van der Waals surface area contributed by atoms with Gasteiger partial charge in [0.15, 0.2) is 0 Å². The molecular formula is C9H9ClO4S. The predicted octanol–water partition coefficient (Wildman–Crippen LogP) is 1.56. The highest BCUT2D eigenvalue weighted by atomic mass is 35.7. The minimum absolute atomic E-state index is 0.0115. The van der Waals surface area contributed by atoms with Crippen LogP contribution in [0.4, 0.5) is 0 Å². The quantitative estimate of drug-likeness (QED) is 0.746. The van der Waals surface area contributed by atoms with Crippen molar-refractivity contribution in [2.24, 2.45) is 0 Å². The molecule has 0 spiro atoms. The highest BCUT2D eigenvalue weighted by molar-refractivity contribution is 8.13. The van der Waals surface area contributed by atoms with Gasteiger partial charge in [-0.2, -0.15) is 0 Å². The van der Waals surface area contributed by atoms with Crippen LogP contribution < -0.4 is 9.47 Å². The van der Waals surface area contributed by atoms with E-state index in [4.69, 9.17) is 20.2 Å². The smallest absolute Gasteiger partial charge is 0.264 e. The summed E-state index contributed by atoms with van der Waals surface area (Å²) in [5, 5.41) is 0. The summed E-state index contributed by atoms with van der Waals surface area (Å²) >= 11 is 0.